The molecule has 22 heteroatoms. The molecule has 0 aliphatic carbocycles. The predicted octanol–water partition coefficient (Wildman–Crippen LogP) is 0.0930. The molecule has 5 rings (SSSR count). The largest absolute Gasteiger partial charge is 0.504 e. The van der Waals surface area contributed by atoms with Gasteiger partial charge in [0.05, 0.1) is 16.7 Å². The Morgan fingerprint density at radius 1 is 0.518 bits per heavy atom. The summed E-state index contributed by atoms with van der Waals surface area (Å²) >= 11 is 0. The van der Waals surface area contributed by atoms with Gasteiger partial charge in [-0.2, -0.15) is 0 Å². The Morgan fingerprint density at radius 2 is 0.857 bits per heavy atom. The molecule has 22 nitrogen and oxygen atoms in total. The summed E-state index contributed by atoms with van der Waals surface area (Å²) in [5.41, 5.74) is -3.21. The minimum atomic E-state index is -3.67. The first-order chi connectivity index (χ1) is 26.2. The number of phenols is 12. The Morgan fingerprint density at radius 3 is 1.25 bits per heavy atom. The number of aliphatic hydroxyl groups excluding tert-OH is 2. The molecule has 56 heavy (non-hydrogen) atoms. The summed E-state index contributed by atoms with van der Waals surface area (Å²) in [4.78, 5) is 54.1. The fourth-order valence-electron chi connectivity index (χ4n) is 5.30. The highest BCUT2D eigenvalue weighted by Crippen LogP contribution is 2.43. The molecule has 14 N–H and O–H groups in total. The molecule has 1 heterocycles. The van der Waals surface area contributed by atoms with Crippen LogP contribution in [0.3, 0.4) is 0 Å². The molecule has 4 aromatic rings. The van der Waals surface area contributed by atoms with Crippen molar-refractivity contribution in [3.05, 3.63) is 70.8 Å². The van der Waals surface area contributed by atoms with Crippen molar-refractivity contribution in [1.29, 1.82) is 0 Å². The second-order valence-electron chi connectivity index (χ2n) is 11.9. The lowest BCUT2D eigenvalue weighted by molar-refractivity contribution is -0.319. The van der Waals surface area contributed by atoms with Crippen molar-refractivity contribution in [2.24, 2.45) is 0 Å². The minimum Gasteiger partial charge on any atom is -0.504 e. The van der Waals surface area contributed by atoms with Crippen molar-refractivity contribution in [3.63, 3.8) is 0 Å². The lowest BCUT2D eigenvalue weighted by Crippen LogP contribution is -2.70. The number of Topliss-reactive ketones (excluding diaryl/α,β-unsaturated/α-hetero) is 1. The molecule has 1 saturated heterocycles. The smallest absolute Gasteiger partial charge is 0.341 e. The molecule has 0 spiro atoms. The van der Waals surface area contributed by atoms with Crippen LogP contribution in [-0.2, 0) is 18.9 Å². The number of ether oxygens (including phenoxy) is 4. The molecule has 0 bridgehead atoms. The van der Waals surface area contributed by atoms with Crippen LogP contribution in [-0.4, -0.2) is 132 Å². The summed E-state index contributed by atoms with van der Waals surface area (Å²) in [5.74, 6) is -23.4. The lowest BCUT2D eigenvalue weighted by atomic mass is 9.87. The predicted molar refractivity (Wildman–Crippen MR) is 175 cm³/mol. The van der Waals surface area contributed by atoms with Crippen molar-refractivity contribution in [2.45, 2.75) is 30.2 Å². The summed E-state index contributed by atoms with van der Waals surface area (Å²) in [6, 6.07) is 4.31. The Labute approximate surface area is 309 Å². The van der Waals surface area contributed by atoms with Crippen LogP contribution in [0.5, 0.6) is 69.0 Å². The van der Waals surface area contributed by atoms with Crippen LogP contribution >= 0.6 is 0 Å². The molecule has 0 unspecified atom stereocenters. The number of ketones is 1. The van der Waals surface area contributed by atoms with Crippen LogP contribution in [0, 0.1) is 0 Å². The van der Waals surface area contributed by atoms with Crippen LogP contribution in [0.15, 0.2) is 48.5 Å². The van der Waals surface area contributed by atoms with E-state index in [4.69, 9.17) is 18.9 Å². The number of carbonyl (C=O) groups excluding carboxylic acids is 4. The fraction of sp³-hybridized carbons (Fsp3) is 0.176. The average molecular weight is 789 g/mol. The van der Waals surface area contributed by atoms with E-state index >= 15 is 0 Å². The lowest BCUT2D eigenvalue weighted by Gasteiger charge is -2.47. The number of hydrogen-bond donors (Lipinski definition) is 14. The zero-order valence-electron chi connectivity index (χ0n) is 27.7. The Hall–Kier alpha value is -7.56. The summed E-state index contributed by atoms with van der Waals surface area (Å²) in [6.45, 7) is -1.26. The first kappa shape index (κ1) is 39.6. The number of phenolic OH excluding ortho intramolecular Hbond substituents is 12. The van der Waals surface area contributed by atoms with Gasteiger partial charge >= 0.3 is 23.7 Å². The van der Waals surface area contributed by atoms with E-state index in [0.29, 0.717) is 48.5 Å². The Bertz CT molecular complexity index is 2170. The van der Waals surface area contributed by atoms with Crippen molar-refractivity contribution in [2.75, 3.05) is 6.61 Å². The molecule has 1 aliphatic heterocycles. The van der Waals surface area contributed by atoms with Gasteiger partial charge in [-0.05, 0) is 48.5 Å². The number of aliphatic hydroxyl groups is 2. The number of carbonyl (C=O) groups is 4. The van der Waals surface area contributed by atoms with Gasteiger partial charge in [0.2, 0.25) is 5.78 Å². The molecular formula is C34H28O22. The van der Waals surface area contributed by atoms with E-state index in [-0.39, 0.29) is 0 Å². The Kier molecular flexibility index (Phi) is 10.4. The molecule has 296 valence electrons. The fourth-order valence-corrected chi connectivity index (χ4v) is 5.30. The van der Waals surface area contributed by atoms with Gasteiger partial charge < -0.3 is 90.4 Å². The highest BCUT2D eigenvalue weighted by atomic mass is 16.8. The van der Waals surface area contributed by atoms with Crippen LogP contribution in [0.4, 0.5) is 0 Å². The maximum atomic E-state index is 14.3. The van der Waals surface area contributed by atoms with E-state index in [9.17, 15) is 90.7 Å². The number of esters is 3. The highest BCUT2D eigenvalue weighted by molar-refractivity contribution is 6.05. The molecule has 0 amide bonds. The minimum absolute atomic E-state index is 0.466. The molecule has 1 aliphatic rings. The summed E-state index contributed by atoms with van der Waals surface area (Å²) < 4.78 is 21.2. The van der Waals surface area contributed by atoms with Crippen LogP contribution in [0.1, 0.15) is 41.4 Å². The van der Waals surface area contributed by atoms with Crippen LogP contribution in [0.25, 0.3) is 0 Å². The second kappa shape index (κ2) is 14.7. The number of hydrogen-bond acceptors (Lipinski definition) is 22. The molecule has 1 fully saturated rings. The normalized spacial score (nSPS) is 20.5. The molecule has 0 saturated carbocycles. The zero-order chi connectivity index (χ0) is 41.5. The monoisotopic (exact) mass is 788 g/mol. The first-order valence-electron chi connectivity index (χ1n) is 15.4. The summed E-state index contributed by atoms with van der Waals surface area (Å²) in [7, 11) is 0. The van der Waals surface area contributed by atoms with E-state index in [1.807, 2.05) is 0 Å². The van der Waals surface area contributed by atoms with Gasteiger partial charge in [0, 0.05) is 5.56 Å². The topological polar surface area (TPSA) is 388 Å². The van der Waals surface area contributed by atoms with Gasteiger partial charge in [0.15, 0.2) is 81.2 Å². The molecule has 4 aromatic carbocycles. The SMILES string of the molecule is O=C(OC[C@H]1O[C@@](OC(=O)c2cc(O)c(O)c(O)c2)(C(=O)c2cc(O)c(O)c(O)c2)[C@H](O)[C@@H](OC(=O)c2cc(O)c(O)c(O)c2)[C@@H]1O)c1cc(O)c(O)c(O)c1. The van der Waals surface area contributed by atoms with Gasteiger partial charge in [0.25, 0.3) is 0 Å². The van der Waals surface area contributed by atoms with Gasteiger partial charge in [0.1, 0.15) is 18.8 Å². The quantitative estimate of drug-likeness (QED) is 0.0462. The van der Waals surface area contributed by atoms with Crippen molar-refractivity contribution < 1.29 is 110 Å². The third-order valence-corrected chi connectivity index (χ3v) is 8.18. The standard InChI is InChI=1S/C34H28O22/c35-14-1-10(2-15(36)23(14)43)29(48)34(56-33(52)13-7-20(41)26(46)21(42)8-13)30(49)28(54-32(51)12-5-18(39)25(45)19(40)6-12)27(47)22(55-34)9-53-31(50)11-3-16(37)24(44)17(38)4-11/h1-8,22,27-28,30,35-47,49H,9H2/t22-,27-,28+,30-,34-/m1/s1. The Balaban J connectivity index is 1.65. The van der Waals surface area contributed by atoms with E-state index in [1.165, 1.54) is 0 Å². The number of rotatable bonds is 9. The van der Waals surface area contributed by atoms with Gasteiger partial charge in [-0.25, -0.2) is 14.4 Å². The molecule has 0 aromatic heterocycles. The van der Waals surface area contributed by atoms with Crippen LogP contribution < -0.4 is 0 Å². The zero-order valence-corrected chi connectivity index (χ0v) is 27.7. The molecular weight excluding hydrogens is 760 g/mol. The van der Waals surface area contributed by atoms with Crippen molar-refractivity contribution >= 4 is 23.7 Å². The van der Waals surface area contributed by atoms with Gasteiger partial charge in [-0.3, -0.25) is 4.79 Å². The highest BCUT2D eigenvalue weighted by Gasteiger charge is 2.63. The van der Waals surface area contributed by atoms with Gasteiger partial charge in [-0.15, -0.1) is 0 Å². The molecule has 0 radical (unpaired) electrons. The van der Waals surface area contributed by atoms with Crippen molar-refractivity contribution in [1.82, 2.24) is 0 Å². The van der Waals surface area contributed by atoms with E-state index < -0.39 is 152 Å². The number of aromatic hydroxyl groups is 12. The maximum Gasteiger partial charge on any atom is 0.341 e. The third-order valence-electron chi connectivity index (χ3n) is 8.18. The second-order valence-corrected chi connectivity index (χ2v) is 11.9. The molecule has 5 atom stereocenters. The first-order valence-corrected chi connectivity index (χ1v) is 15.4. The average Bonchev–Trinajstić information content (AvgIpc) is 3.14. The van der Waals surface area contributed by atoms with Crippen LogP contribution in [0.2, 0.25) is 0 Å². The maximum absolute atomic E-state index is 14.3. The third kappa shape index (κ3) is 7.20. The van der Waals surface area contributed by atoms with Crippen molar-refractivity contribution in [3.8, 4) is 69.0 Å². The van der Waals surface area contributed by atoms with E-state index in [2.05, 4.69) is 0 Å². The van der Waals surface area contributed by atoms with E-state index in [0.717, 1.165) is 0 Å². The number of benzene rings is 4. The summed E-state index contributed by atoms with van der Waals surface area (Å²) in [6.07, 6.45) is -10.2. The van der Waals surface area contributed by atoms with Gasteiger partial charge in [-0.1, -0.05) is 0 Å². The van der Waals surface area contributed by atoms with E-state index in [1.54, 1.807) is 0 Å². The summed E-state index contributed by atoms with van der Waals surface area (Å²) in [5, 5.41) is 142.